The second-order valence-corrected chi connectivity index (χ2v) is 5.19. The fourth-order valence-corrected chi connectivity index (χ4v) is 2.58. The molecule has 0 atom stereocenters. The lowest BCUT2D eigenvalue weighted by molar-refractivity contribution is 0.654. The Labute approximate surface area is 115 Å². The molecule has 2 heterocycles. The van der Waals surface area contributed by atoms with E-state index in [0.29, 0.717) is 12.6 Å². The van der Waals surface area contributed by atoms with Crippen molar-refractivity contribution >= 4 is 11.0 Å². The molecule has 5 nitrogen and oxygen atoms in total. The van der Waals surface area contributed by atoms with Gasteiger partial charge in [-0.05, 0) is 25.0 Å². The van der Waals surface area contributed by atoms with Crippen LogP contribution in [-0.4, -0.2) is 19.1 Å². The zero-order chi connectivity index (χ0) is 13.5. The minimum atomic E-state index is -0.0766. The molecule has 4 rings (SSSR count). The molecule has 2 aromatic heterocycles. The highest BCUT2D eigenvalue weighted by Crippen LogP contribution is 2.35. The summed E-state index contributed by atoms with van der Waals surface area (Å²) >= 11 is 0. The van der Waals surface area contributed by atoms with Gasteiger partial charge in [-0.2, -0.15) is 0 Å². The van der Waals surface area contributed by atoms with Crippen molar-refractivity contribution in [1.82, 2.24) is 19.1 Å². The van der Waals surface area contributed by atoms with Crippen LogP contribution in [0.15, 0.2) is 47.8 Å². The van der Waals surface area contributed by atoms with Crippen molar-refractivity contribution < 1.29 is 0 Å². The quantitative estimate of drug-likeness (QED) is 0.728. The van der Waals surface area contributed by atoms with Crippen LogP contribution in [0.5, 0.6) is 0 Å². The Bertz CT molecular complexity index is 829. The van der Waals surface area contributed by atoms with Crippen molar-refractivity contribution in [1.29, 1.82) is 0 Å². The first-order valence-electron chi connectivity index (χ1n) is 6.78. The number of hydrogen-bond acceptors (Lipinski definition) is 3. The van der Waals surface area contributed by atoms with Gasteiger partial charge in [-0.1, -0.05) is 12.1 Å². The lowest BCUT2D eigenvalue weighted by atomic mass is 10.3. The van der Waals surface area contributed by atoms with E-state index in [-0.39, 0.29) is 5.56 Å². The lowest BCUT2D eigenvalue weighted by Crippen LogP contribution is -2.22. The largest absolute Gasteiger partial charge is 0.330 e. The second kappa shape index (κ2) is 4.30. The van der Waals surface area contributed by atoms with E-state index < -0.39 is 0 Å². The first-order chi connectivity index (χ1) is 9.83. The van der Waals surface area contributed by atoms with Crippen molar-refractivity contribution in [2.45, 2.75) is 25.4 Å². The number of nitrogens with zero attached hydrogens (tertiary/aromatic N) is 4. The summed E-state index contributed by atoms with van der Waals surface area (Å²) in [4.78, 5) is 20.5. The SMILES string of the molecule is O=c1cnc2ccccc2n1Cc1cncn1C1CC1. The van der Waals surface area contributed by atoms with Crippen LogP contribution in [0, 0.1) is 0 Å². The van der Waals surface area contributed by atoms with E-state index in [9.17, 15) is 4.79 Å². The average Bonchev–Trinajstić information content (AvgIpc) is 3.22. The first-order valence-corrected chi connectivity index (χ1v) is 6.78. The summed E-state index contributed by atoms with van der Waals surface area (Å²) in [5.41, 5.74) is 2.70. The molecule has 1 saturated carbocycles. The topological polar surface area (TPSA) is 52.7 Å². The monoisotopic (exact) mass is 266 g/mol. The molecule has 1 aromatic carbocycles. The molecule has 1 aliphatic rings. The van der Waals surface area contributed by atoms with E-state index >= 15 is 0 Å². The van der Waals surface area contributed by atoms with Gasteiger partial charge in [0, 0.05) is 12.2 Å². The number of para-hydroxylation sites is 2. The predicted molar refractivity (Wildman–Crippen MR) is 75.6 cm³/mol. The molecule has 0 aliphatic heterocycles. The minimum absolute atomic E-state index is 0.0766. The maximum absolute atomic E-state index is 12.1. The lowest BCUT2D eigenvalue weighted by Gasteiger charge is -2.11. The van der Waals surface area contributed by atoms with E-state index in [2.05, 4.69) is 14.5 Å². The van der Waals surface area contributed by atoms with Crippen molar-refractivity contribution in [3.63, 3.8) is 0 Å². The van der Waals surface area contributed by atoms with Crippen LogP contribution in [0.25, 0.3) is 11.0 Å². The minimum Gasteiger partial charge on any atom is -0.330 e. The van der Waals surface area contributed by atoms with Gasteiger partial charge < -0.3 is 4.57 Å². The molecule has 100 valence electrons. The van der Waals surface area contributed by atoms with Gasteiger partial charge in [-0.25, -0.2) is 9.97 Å². The molecule has 0 spiro atoms. The summed E-state index contributed by atoms with van der Waals surface area (Å²) in [5, 5.41) is 0. The molecule has 1 fully saturated rings. The van der Waals surface area contributed by atoms with E-state index in [1.54, 1.807) is 4.57 Å². The highest BCUT2D eigenvalue weighted by atomic mass is 16.1. The Morgan fingerprint density at radius 1 is 1.20 bits per heavy atom. The number of hydrogen-bond donors (Lipinski definition) is 0. The van der Waals surface area contributed by atoms with E-state index in [0.717, 1.165) is 16.7 Å². The molecule has 1 aliphatic carbocycles. The number of fused-ring (bicyclic) bond motifs is 1. The Balaban J connectivity index is 1.83. The summed E-state index contributed by atoms with van der Waals surface area (Å²) in [6, 6.07) is 8.28. The molecular weight excluding hydrogens is 252 g/mol. The zero-order valence-corrected chi connectivity index (χ0v) is 10.9. The van der Waals surface area contributed by atoms with Gasteiger partial charge in [0.2, 0.25) is 0 Å². The number of imidazole rings is 1. The van der Waals surface area contributed by atoms with Crippen LogP contribution >= 0.6 is 0 Å². The summed E-state index contributed by atoms with van der Waals surface area (Å²) in [7, 11) is 0. The highest BCUT2D eigenvalue weighted by molar-refractivity contribution is 5.74. The molecule has 20 heavy (non-hydrogen) atoms. The Hall–Kier alpha value is -2.43. The highest BCUT2D eigenvalue weighted by Gasteiger charge is 2.25. The maximum Gasteiger partial charge on any atom is 0.269 e. The fraction of sp³-hybridized carbons (Fsp3) is 0.267. The molecule has 0 bridgehead atoms. The fourth-order valence-electron chi connectivity index (χ4n) is 2.58. The summed E-state index contributed by atoms with van der Waals surface area (Å²) < 4.78 is 3.94. The van der Waals surface area contributed by atoms with E-state index in [1.807, 2.05) is 36.8 Å². The van der Waals surface area contributed by atoms with Crippen LogP contribution in [0.2, 0.25) is 0 Å². The molecule has 5 heteroatoms. The van der Waals surface area contributed by atoms with Gasteiger partial charge >= 0.3 is 0 Å². The van der Waals surface area contributed by atoms with Crippen LogP contribution in [0.3, 0.4) is 0 Å². The van der Waals surface area contributed by atoms with Crippen LogP contribution in [0.4, 0.5) is 0 Å². The van der Waals surface area contributed by atoms with Crippen molar-refractivity contribution in [2.24, 2.45) is 0 Å². The van der Waals surface area contributed by atoms with Gasteiger partial charge in [0.05, 0.1) is 35.8 Å². The molecule has 0 amide bonds. The van der Waals surface area contributed by atoms with Gasteiger partial charge in [-0.3, -0.25) is 9.36 Å². The average molecular weight is 266 g/mol. The molecule has 0 radical (unpaired) electrons. The van der Waals surface area contributed by atoms with Gasteiger partial charge in [-0.15, -0.1) is 0 Å². The van der Waals surface area contributed by atoms with E-state index in [1.165, 1.54) is 19.0 Å². The summed E-state index contributed by atoms with van der Waals surface area (Å²) in [6.07, 6.45) is 7.51. The van der Waals surface area contributed by atoms with Crippen molar-refractivity contribution in [3.05, 3.63) is 59.0 Å². The number of benzene rings is 1. The normalized spacial score (nSPS) is 14.8. The van der Waals surface area contributed by atoms with E-state index in [4.69, 9.17) is 0 Å². The van der Waals surface area contributed by atoms with Crippen molar-refractivity contribution in [3.8, 4) is 0 Å². The molecule has 0 unspecified atom stereocenters. The van der Waals surface area contributed by atoms with Crippen LogP contribution in [-0.2, 0) is 6.54 Å². The molecule has 3 aromatic rings. The van der Waals surface area contributed by atoms with Crippen LogP contribution < -0.4 is 5.56 Å². The van der Waals surface area contributed by atoms with Crippen LogP contribution in [0.1, 0.15) is 24.6 Å². The standard InChI is InChI=1S/C15H14N4O/c20-15-8-17-13-3-1-2-4-14(13)18(15)9-12-7-16-10-19(12)11-5-6-11/h1-4,7-8,10-11H,5-6,9H2. The van der Waals surface area contributed by atoms with Crippen molar-refractivity contribution in [2.75, 3.05) is 0 Å². The molecule has 0 saturated heterocycles. The second-order valence-electron chi connectivity index (χ2n) is 5.19. The Kier molecular flexibility index (Phi) is 2.45. The number of aromatic nitrogens is 4. The summed E-state index contributed by atoms with van der Waals surface area (Å²) in [6.45, 7) is 0.540. The summed E-state index contributed by atoms with van der Waals surface area (Å²) in [5.74, 6) is 0. The Morgan fingerprint density at radius 3 is 2.90 bits per heavy atom. The third-order valence-electron chi connectivity index (χ3n) is 3.76. The Morgan fingerprint density at radius 2 is 2.05 bits per heavy atom. The van der Waals surface area contributed by atoms with Gasteiger partial charge in [0.25, 0.3) is 5.56 Å². The van der Waals surface area contributed by atoms with Gasteiger partial charge in [0.15, 0.2) is 0 Å². The molecule has 0 N–H and O–H groups in total. The third-order valence-corrected chi connectivity index (χ3v) is 3.76. The van der Waals surface area contributed by atoms with Gasteiger partial charge in [0.1, 0.15) is 0 Å². The first kappa shape index (κ1) is 11.4. The molecular formula is C15H14N4O. The smallest absolute Gasteiger partial charge is 0.269 e. The maximum atomic E-state index is 12.1. The zero-order valence-electron chi connectivity index (χ0n) is 10.9. The number of rotatable bonds is 3. The predicted octanol–water partition coefficient (Wildman–Crippen LogP) is 1.98. The third kappa shape index (κ3) is 1.82.